The molecule has 528 valence electrons. The number of fused-ring (bicyclic) bond motifs is 27. The molecule has 0 amide bonds. The van der Waals surface area contributed by atoms with Crippen molar-refractivity contribution >= 4 is 49.4 Å². The van der Waals surface area contributed by atoms with Gasteiger partial charge in [-0.25, -0.2) is 5.12 Å². The van der Waals surface area contributed by atoms with Crippen LogP contribution in [0.3, 0.4) is 0 Å². The van der Waals surface area contributed by atoms with Crippen LogP contribution < -0.4 is 29.1 Å². The zero-order chi connectivity index (χ0) is 71.4. The minimum atomic E-state index is -0.167. The third-order valence-electron chi connectivity index (χ3n) is 25.6. The number of likely N-dealkylation sites (N-methyl/N-ethyl adjacent to an activating group) is 1. The van der Waals surface area contributed by atoms with E-state index in [1.807, 2.05) is 18.2 Å². The molecule has 0 radical (unpaired) electrons. The molecular weight excluding hydrogens is 1250 g/mol. The maximum Gasteiger partial charge on any atom is 0.145 e. The highest BCUT2D eigenvalue weighted by Gasteiger charge is 2.58. The summed E-state index contributed by atoms with van der Waals surface area (Å²) < 4.78 is 32.4. The second kappa shape index (κ2) is 22.7. The van der Waals surface area contributed by atoms with Gasteiger partial charge in [0.1, 0.15) is 40.2 Å². The molecule has 6 aliphatic carbocycles. The summed E-state index contributed by atoms with van der Waals surface area (Å²) in [6.45, 7) is 31.3. The van der Waals surface area contributed by atoms with Gasteiger partial charge in [0.15, 0.2) is 0 Å². The van der Waals surface area contributed by atoms with Crippen molar-refractivity contribution in [1.82, 2.24) is 0 Å². The van der Waals surface area contributed by atoms with E-state index in [1.165, 1.54) is 119 Å². The predicted molar refractivity (Wildman–Crippen MR) is 415 cm³/mol. The molecule has 3 N–H and O–H groups in total. The van der Waals surface area contributed by atoms with Crippen LogP contribution in [-0.4, -0.2) is 70.4 Å². The smallest absolute Gasteiger partial charge is 0.145 e. The number of ether oxygens (including phenoxy) is 3. The van der Waals surface area contributed by atoms with E-state index in [4.69, 9.17) is 14.2 Å². The van der Waals surface area contributed by atoms with E-state index in [0.717, 1.165) is 127 Å². The van der Waals surface area contributed by atoms with Gasteiger partial charge < -0.3 is 39.3 Å². The lowest BCUT2D eigenvalue weighted by Gasteiger charge is -2.51. The highest BCUT2D eigenvalue weighted by atomic mass is 19.2. The van der Waals surface area contributed by atoms with Crippen molar-refractivity contribution in [3.05, 3.63) is 159 Å². The summed E-state index contributed by atoms with van der Waals surface area (Å²) in [7, 11) is 9.35. The number of hydrogen-bond donors (Lipinski definition) is 3. The molecule has 9 nitrogen and oxygen atoms in total. The van der Waals surface area contributed by atoms with Gasteiger partial charge in [-0.3, -0.25) is 0 Å². The minimum Gasteiger partial charge on any atom is -0.507 e. The van der Waals surface area contributed by atoms with E-state index in [-0.39, 0.29) is 54.5 Å². The lowest BCUT2D eigenvalue weighted by Crippen LogP contribution is -2.43. The van der Waals surface area contributed by atoms with Gasteiger partial charge in [-0.2, -0.15) is 0 Å². The van der Waals surface area contributed by atoms with Crippen molar-refractivity contribution in [2.75, 3.05) is 70.0 Å². The monoisotopic (exact) mass is 1360 g/mol. The van der Waals surface area contributed by atoms with Crippen molar-refractivity contribution in [3.8, 4) is 67.9 Å². The molecule has 3 spiro atoms. The fraction of sp³-hybridized carbons (Fsp3) is 0.473. The SMILES string of the molecule is COc1cc2c(O)cc3c(c2c2c1N(C)CC2)-c1ccccc1C31CC(C)(C)CC(C)(C)C1.COc1cc2c(O)cc3c(c2c2c1N(C)CCC2)-c1ccccc1C31CC(C)(C)CC(C)(C)C1.COc1cc2c(O)cc3c(c2c2c1N(F)CCC2)-c1ccccc1C31CC(C)(C)CC(C)(C)C1. The topological polar surface area (TPSA) is 98.1 Å². The lowest BCUT2D eigenvalue weighted by molar-refractivity contribution is 0.0641. The first kappa shape index (κ1) is 67.4. The zero-order valence-corrected chi connectivity index (χ0v) is 63.2. The third kappa shape index (κ3) is 10.2. The van der Waals surface area contributed by atoms with Gasteiger partial charge in [-0.15, -0.1) is 0 Å². The van der Waals surface area contributed by atoms with Gasteiger partial charge in [0.2, 0.25) is 0 Å². The fourth-order valence-corrected chi connectivity index (χ4v) is 24.9. The Hall–Kier alpha value is -8.11. The molecule has 0 bridgehead atoms. The molecule has 0 atom stereocenters. The van der Waals surface area contributed by atoms with Gasteiger partial charge in [-0.1, -0.05) is 160 Å². The first-order valence-electron chi connectivity index (χ1n) is 37.6. The highest BCUT2D eigenvalue weighted by molar-refractivity contribution is 6.13. The normalized spacial score (nSPS) is 21.3. The number of rotatable bonds is 3. The van der Waals surface area contributed by atoms with Gasteiger partial charge in [-0.05, 0) is 258 Å². The quantitative estimate of drug-likeness (QED) is 0.149. The Balaban J connectivity index is 0.000000118. The van der Waals surface area contributed by atoms with E-state index < -0.39 is 0 Å². The first-order chi connectivity index (χ1) is 47.7. The van der Waals surface area contributed by atoms with Crippen molar-refractivity contribution in [3.63, 3.8) is 0 Å². The molecular formula is C91H106FN3O6. The summed E-state index contributed by atoms with van der Waals surface area (Å²) in [5, 5.41) is 41.3. The molecule has 18 rings (SSSR count). The summed E-state index contributed by atoms with van der Waals surface area (Å²) in [6, 6.07) is 39.0. The largest absolute Gasteiger partial charge is 0.507 e. The maximum atomic E-state index is 15.1. The molecule has 3 saturated carbocycles. The van der Waals surface area contributed by atoms with E-state index in [0.29, 0.717) is 29.5 Å². The number of aryl methyl sites for hydroxylation is 2. The Morgan fingerprint density at radius 3 is 0.970 bits per heavy atom. The van der Waals surface area contributed by atoms with Crippen LogP contribution in [0.25, 0.3) is 65.7 Å². The Kier molecular flexibility index (Phi) is 15.1. The molecule has 101 heavy (non-hydrogen) atoms. The van der Waals surface area contributed by atoms with Crippen molar-refractivity contribution in [2.24, 2.45) is 32.5 Å². The number of benzene rings is 9. The average molecular weight is 1360 g/mol. The Morgan fingerprint density at radius 2 is 0.634 bits per heavy atom. The zero-order valence-electron chi connectivity index (χ0n) is 63.2. The highest BCUT2D eigenvalue weighted by Crippen LogP contribution is 2.70. The lowest BCUT2D eigenvalue weighted by atomic mass is 9.52. The Labute approximate surface area is 599 Å². The van der Waals surface area contributed by atoms with Crippen LogP contribution in [0.2, 0.25) is 0 Å². The fourth-order valence-electron chi connectivity index (χ4n) is 24.9. The van der Waals surface area contributed by atoms with Crippen molar-refractivity contribution in [2.45, 2.75) is 189 Å². The number of aromatic hydroxyl groups is 3. The predicted octanol–water partition coefficient (Wildman–Crippen LogP) is 22.2. The third-order valence-corrected chi connectivity index (χ3v) is 25.6. The number of hydrogen-bond acceptors (Lipinski definition) is 9. The van der Waals surface area contributed by atoms with Crippen LogP contribution in [0.15, 0.2) is 109 Å². The molecule has 0 unspecified atom stereocenters. The number of nitrogens with zero attached hydrogens (tertiary/aromatic N) is 3. The molecule has 9 aliphatic rings. The van der Waals surface area contributed by atoms with Crippen molar-refractivity contribution < 1.29 is 34.0 Å². The summed E-state index contributed by atoms with van der Waals surface area (Å²) in [4.78, 5) is 4.63. The number of halogens is 1. The summed E-state index contributed by atoms with van der Waals surface area (Å²) in [5.41, 5.74) is 23.4. The van der Waals surface area contributed by atoms with Gasteiger partial charge in [0, 0.05) is 59.6 Å². The van der Waals surface area contributed by atoms with Crippen LogP contribution in [0.5, 0.6) is 34.5 Å². The molecule has 9 aromatic rings. The van der Waals surface area contributed by atoms with Crippen LogP contribution in [0.4, 0.5) is 21.5 Å². The van der Waals surface area contributed by atoms with Crippen LogP contribution >= 0.6 is 0 Å². The summed E-state index contributed by atoms with van der Waals surface area (Å²) >= 11 is 0. The summed E-state index contributed by atoms with van der Waals surface area (Å²) in [6.07, 6.45) is 14.7. The number of phenolic OH excluding ortho intramolecular Hbond substituents is 3. The number of anilines is 3. The van der Waals surface area contributed by atoms with Gasteiger partial charge >= 0.3 is 0 Å². The standard InChI is InChI=1S/C31H37NO2.C30H34FNO2.C30H35NO2/c1-29(2)16-30(3,4)18-31(17-29)22-12-8-7-10-19(22)27-23(31)15-24(33)21-14-25(34-6)28-20(26(21)27)11-9-13-32(28)5;1-28(2)15-29(3,4)17-30(16-28)21-11-7-6-9-18(21)26-22(30)14-23(33)20-13-24(34-5)27-19(25(20)26)10-8-12-32(27)31;1-28(2)15-29(3,4)17-30(16-28)21-10-8-7-9-18(21)26-22(30)14-23(32)20-13-24(33-6)27-19(25(20)26)11-12-31(27)5/h7-8,10,12,14-15,33H,9,11,13,16-18H2,1-6H3;6-7,9,11,13-14,33H,8,10,12,15-17H2,1-5H3;7-10,13-14,32H,11-12,15-17H2,1-6H3. The molecule has 0 saturated heterocycles. The second-order valence-corrected chi connectivity index (χ2v) is 37.3. The second-order valence-electron chi connectivity index (χ2n) is 37.3. The van der Waals surface area contributed by atoms with Crippen LogP contribution in [-0.2, 0) is 35.5 Å². The van der Waals surface area contributed by atoms with Crippen LogP contribution in [0.1, 0.15) is 204 Å². The molecule has 3 fully saturated rings. The van der Waals surface area contributed by atoms with E-state index in [1.54, 1.807) is 21.3 Å². The molecule has 0 aromatic heterocycles. The maximum absolute atomic E-state index is 15.1. The van der Waals surface area contributed by atoms with Crippen molar-refractivity contribution in [1.29, 1.82) is 0 Å². The molecule has 3 aliphatic heterocycles. The number of phenols is 3. The summed E-state index contributed by atoms with van der Waals surface area (Å²) in [5.74, 6) is 3.24. The van der Waals surface area contributed by atoms with E-state index in [9.17, 15) is 15.3 Å². The van der Waals surface area contributed by atoms with Gasteiger partial charge in [0.05, 0.1) is 39.2 Å². The molecule has 10 heteroatoms. The number of methoxy groups -OCH3 is 3. The Morgan fingerprint density at radius 1 is 0.347 bits per heavy atom. The van der Waals surface area contributed by atoms with Gasteiger partial charge in [0.25, 0.3) is 0 Å². The first-order valence-corrected chi connectivity index (χ1v) is 37.6. The molecule has 3 heterocycles. The van der Waals surface area contributed by atoms with E-state index in [2.05, 4.69) is 198 Å². The minimum absolute atomic E-state index is 0.0693. The molecule has 9 aromatic carbocycles. The van der Waals surface area contributed by atoms with E-state index >= 15 is 4.48 Å². The van der Waals surface area contributed by atoms with Crippen LogP contribution in [0, 0.1) is 32.5 Å². The Bertz CT molecular complexity index is 4720. The average Bonchev–Trinajstić information content (AvgIpc) is 1.55.